The highest BCUT2D eigenvalue weighted by atomic mass is 32.2. The number of benzene rings is 1. The molecular formula is C16H19N3O5S. The number of nitrogens with zero attached hydrogens (tertiary/aromatic N) is 2. The van der Waals surface area contributed by atoms with Crippen LogP contribution in [0.1, 0.15) is 12.8 Å². The molecule has 1 aromatic heterocycles. The van der Waals surface area contributed by atoms with Crippen molar-refractivity contribution in [3.05, 3.63) is 30.5 Å². The average Bonchev–Trinajstić information content (AvgIpc) is 3.07. The number of carboxylic acid groups (broad SMARTS) is 1. The lowest BCUT2D eigenvalue weighted by atomic mass is 10.2. The van der Waals surface area contributed by atoms with E-state index >= 15 is 0 Å². The first-order valence-corrected chi connectivity index (χ1v) is 9.54. The minimum atomic E-state index is -3.19. The highest BCUT2D eigenvalue weighted by Crippen LogP contribution is 2.21. The zero-order valence-corrected chi connectivity index (χ0v) is 14.3. The molecule has 0 spiro atoms. The van der Waals surface area contributed by atoms with Gasteiger partial charge in [0, 0.05) is 42.3 Å². The summed E-state index contributed by atoms with van der Waals surface area (Å²) in [6, 6.07) is 6.99. The monoisotopic (exact) mass is 365 g/mol. The van der Waals surface area contributed by atoms with Gasteiger partial charge < -0.3 is 15.0 Å². The van der Waals surface area contributed by atoms with Crippen molar-refractivity contribution < 1.29 is 23.1 Å². The molecule has 3 rings (SSSR count). The van der Waals surface area contributed by atoms with Gasteiger partial charge in [-0.3, -0.25) is 9.59 Å². The van der Waals surface area contributed by atoms with Gasteiger partial charge in [-0.1, -0.05) is 0 Å². The Kier molecular flexibility index (Phi) is 4.78. The van der Waals surface area contributed by atoms with Crippen molar-refractivity contribution in [2.24, 2.45) is 0 Å². The Morgan fingerprint density at radius 3 is 2.72 bits per heavy atom. The fraction of sp³-hybridized carbons (Fsp3) is 0.375. The zero-order chi connectivity index (χ0) is 18.0. The molecule has 9 heteroatoms. The maximum absolute atomic E-state index is 12.1. The van der Waals surface area contributed by atoms with Crippen molar-refractivity contribution in [1.29, 1.82) is 0 Å². The molecule has 1 aromatic carbocycles. The number of aromatic nitrogens is 1. The van der Waals surface area contributed by atoms with Crippen molar-refractivity contribution in [2.45, 2.75) is 19.4 Å². The number of carboxylic acids is 1. The molecule has 1 saturated heterocycles. The number of hydrogen-bond acceptors (Lipinski definition) is 4. The van der Waals surface area contributed by atoms with Crippen molar-refractivity contribution in [3.63, 3.8) is 0 Å². The van der Waals surface area contributed by atoms with E-state index in [1.54, 1.807) is 35.0 Å². The van der Waals surface area contributed by atoms with Crippen LogP contribution >= 0.6 is 0 Å². The third kappa shape index (κ3) is 3.99. The molecule has 8 nitrogen and oxygen atoms in total. The van der Waals surface area contributed by atoms with Gasteiger partial charge >= 0.3 is 5.97 Å². The van der Waals surface area contributed by atoms with E-state index in [9.17, 15) is 18.0 Å². The molecule has 0 unspecified atom stereocenters. The van der Waals surface area contributed by atoms with E-state index in [1.807, 2.05) is 0 Å². The van der Waals surface area contributed by atoms with Crippen molar-refractivity contribution in [3.8, 4) is 0 Å². The lowest BCUT2D eigenvalue weighted by Crippen LogP contribution is -2.29. The summed E-state index contributed by atoms with van der Waals surface area (Å²) in [6.07, 6.45) is 2.38. The van der Waals surface area contributed by atoms with Crippen molar-refractivity contribution in [2.75, 3.05) is 24.2 Å². The molecule has 1 aliphatic heterocycles. The summed E-state index contributed by atoms with van der Waals surface area (Å²) in [5.41, 5.74) is 1.36. The van der Waals surface area contributed by atoms with Crippen LogP contribution in [0, 0.1) is 0 Å². The Balaban J connectivity index is 1.62. The van der Waals surface area contributed by atoms with Crippen LogP contribution in [0.5, 0.6) is 0 Å². The average molecular weight is 365 g/mol. The molecule has 0 saturated carbocycles. The minimum absolute atomic E-state index is 0.0945. The molecule has 2 heterocycles. The quantitative estimate of drug-likeness (QED) is 0.796. The maximum Gasteiger partial charge on any atom is 0.323 e. The van der Waals surface area contributed by atoms with Gasteiger partial charge in [0.2, 0.25) is 15.9 Å². The molecule has 0 aliphatic carbocycles. The summed E-state index contributed by atoms with van der Waals surface area (Å²) in [6.45, 7) is 0.531. The fourth-order valence-corrected chi connectivity index (χ4v) is 4.48. The highest BCUT2D eigenvalue weighted by molar-refractivity contribution is 7.89. The zero-order valence-electron chi connectivity index (χ0n) is 13.5. The van der Waals surface area contributed by atoms with Crippen molar-refractivity contribution in [1.82, 2.24) is 8.87 Å². The van der Waals surface area contributed by atoms with Gasteiger partial charge in [-0.25, -0.2) is 12.7 Å². The topological polar surface area (TPSA) is 109 Å². The molecule has 1 aliphatic rings. The van der Waals surface area contributed by atoms with Gasteiger partial charge in [0.25, 0.3) is 0 Å². The molecule has 25 heavy (non-hydrogen) atoms. The van der Waals surface area contributed by atoms with Gasteiger partial charge in [0.05, 0.1) is 5.75 Å². The fourth-order valence-electron chi connectivity index (χ4n) is 2.95. The standard InChI is InChI=1S/C16H19N3O5S/c20-15(5-8-19-6-1-9-25(19,23)24)17-13-2-3-14-12(10-13)4-7-18(14)11-16(21)22/h2-4,7,10H,1,5-6,8-9,11H2,(H,17,20)(H,21,22). The van der Waals surface area contributed by atoms with Gasteiger partial charge in [-0.2, -0.15) is 0 Å². The third-order valence-corrected chi connectivity index (χ3v) is 6.11. The van der Waals surface area contributed by atoms with E-state index in [0.717, 1.165) is 10.9 Å². The number of nitrogens with one attached hydrogen (secondary N) is 1. The van der Waals surface area contributed by atoms with E-state index in [4.69, 9.17) is 5.11 Å². The molecule has 0 radical (unpaired) electrons. The summed E-state index contributed by atoms with van der Waals surface area (Å²) in [4.78, 5) is 22.9. The van der Waals surface area contributed by atoms with E-state index < -0.39 is 16.0 Å². The van der Waals surface area contributed by atoms with Gasteiger partial charge in [0.1, 0.15) is 6.54 Å². The summed E-state index contributed by atoms with van der Waals surface area (Å²) in [5, 5.41) is 12.4. The van der Waals surface area contributed by atoms with Crippen LogP contribution in [0.2, 0.25) is 0 Å². The van der Waals surface area contributed by atoms with Gasteiger partial charge in [0.15, 0.2) is 0 Å². The number of sulfonamides is 1. The van der Waals surface area contributed by atoms with E-state index in [1.165, 1.54) is 4.31 Å². The molecule has 1 fully saturated rings. The number of amides is 1. The van der Waals surface area contributed by atoms with Crippen LogP contribution in [0.25, 0.3) is 10.9 Å². The minimum Gasteiger partial charge on any atom is -0.480 e. The molecule has 134 valence electrons. The van der Waals surface area contributed by atoms with Crippen LogP contribution in [0.15, 0.2) is 30.5 Å². The summed E-state index contributed by atoms with van der Waals surface area (Å²) in [7, 11) is -3.19. The highest BCUT2D eigenvalue weighted by Gasteiger charge is 2.28. The first-order chi connectivity index (χ1) is 11.8. The van der Waals surface area contributed by atoms with Gasteiger partial charge in [-0.15, -0.1) is 0 Å². The van der Waals surface area contributed by atoms with E-state index in [-0.39, 0.29) is 31.2 Å². The number of hydrogen-bond donors (Lipinski definition) is 2. The maximum atomic E-state index is 12.1. The van der Waals surface area contributed by atoms with E-state index in [0.29, 0.717) is 18.7 Å². The Labute approximate surface area is 145 Å². The second-order valence-corrected chi connectivity index (χ2v) is 8.07. The predicted molar refractivity (Wildman–Crippen MR) is 92.8 cm³/mol. The lowest BCUT2D eigenvalue weighted by Gasteiger charge is -2.13. The second kappa shape index (κ2) is 6.85. The number of rotatable bonds is 6. The smallest absolute Gasteiger partial charge is 0.323 e. The predicted octanol–water partition coefficient (Wildman–Crippen LogP) is 1.09. The summed E-state index contributed by atoms with van der Waals surface area (Å²) >= 11 is 0. The van der Waals surface area contributed by atoms with Crippen LogP contribution in [-0.4, -0.2) is 53.1 Å². The first kappa shape index (κ1) is 17.4. The normalized spacial score (nSPS) is 17.0. The Morgan fingerprint density at radius 1 is 1.24 bits per heavy atom. The van der Waals surface area contributed by atoms with Crippen LogP contribution < -0.4 is 5.32 Å². The number of carbonyl (C=O) groups is 2. The second-order valence-electron chi connectivity index (χ2n) is 5.98. The van der Waals surface area contributed by atoms with Crippen LogP contribution in [0.4, 0.5) is 5.69 Å². The Morgan fingerprint density at radius 2 is 2.04 bits per heavy atom. The van der Waals surface area contributed by atoms with Crippen molar-refractivity contribution >= 4 is 38.5 Å². The first-order valence-electron chi connectivity index (χ1n) is 7.93. The molecular weight excluding hydrogens is 346 g/mol. The summed E-state index contributed by atoms with van der Waals surface area (Å²) in [5.74, 6) is -1.03. The molecule has 2 N–H and O–H groups in total. The number of aliphatic carboxylic acids is 1. The number of carbonyl (C=O) groups excluding carboxylic acids is 1. The summed E-state index contributed by atoms with van der Waals surface area (Å²) < 4.78 is 26.4. The number of fused-ring (bicyclic) bond motifs is 1. The third-order valence-electron chi connectivity index (χ3n) is 4.15. The largest absolute Gasteiger partial charge is 0.480 e. The van der Waals surface area contributed by atoms with Crippen LogP contribution in [0.3, 0.4) is 0 Å². The number of anilines is 1. The van der Waals surface area contributed by atoms with Crippen LogP contribution in [-0.2, 0) is 26.2 Å². The molecule has 0 atom stereocenters. The molecule has 0 bridgehead atoms. The Bertz CT molecular complexity index is 919. The Hall–Kier alpha value is -2.39. The molecule has 2 aromatic rings. The molecule has 1 amide bonds. The SMILES string of the molecule is O=C(O)Cn1ccc2cc(NC(=O)CCN3CCCS3(=O)=O)ccc21. The lowest BCUT2D eigenvalue weighted by molar-refractivity contribution is -0.137. The van der Waals surface area contributed by atoms with Gasteiger partial charge in [-0.05, 0) is 30.7 Å². The van der Waals surface area contributed by atoms with E-state index in [2.05, 4.69) is 5.32 Å².